The molecule has 1 aromatic heterocycles. The Morgan fingerprint density at radius 3 is 2.61 bits per heavy atom. The quantitative estimate of drug-likeness (QED) is 0.628. The molecule has 0 unspecified atom stereocenters. The number of methoxy groups -OCH3 is 1. The summed E-state index contributed by atoms with van der Waals surface area (Å²) in [7, 11) is 1.63. The number of fused-ring (bicyclic) bond motifs is 1. The minimum absolute atomic E-state index is 0.126. The second-order valence-corrected chi connectivity index (χ2v) is 7.81. The standard InChI is InChI=1S/C22H21N3O2S/c1-14(2)25-13-15(18-6-4-5-7-19(18)25)12-20-21(26)24-22(28-20)23-16-8-10-17(27-3)11-9-16/h4-14H,1-3H3,(H,23,24,26). The first-order valence-electron chi connectivity index (χ1n) is 9.08. The Kier molecular flexibility index (Phi) is 4.96. The summed E-state index contributed by atoms with van der Waals surface area (Å²) in [5.41, 5.74) is 2.97. The van der Waals surface area contributed by atoms with E-state index in [1.807, 2.05) is 42.5 Å². The van der Waals surface area contributed by atoms with Crippen LogP contribution < -0.4 is 10.1 Å². The third kappa shape index (κ3) is 3.55. The third-order valence-electron chi connectivity index (χ3n) is 4.57. The van der Waals surface area contributed by atoms with Crippen molar-refractivity contribution in [2.75, 3.05) is 7.11 Å². The average Bonchev–Trinajstić information content (AvgIpc) is 3.23. The van der Waals surface area contributed by atoms with Gasteiger partial charge in [0, 0.05) is 28.7 Å². The Labute approximate surface area is 168 Å². The molecule has 4 rings (SSSR count). The molecular formula is C22H21N3O2S. The molecule has 1 saturated heterocycles. The van der Waals surface area contributed by atoms with E-state index in [0.717, 1.165) is 22.4 Å². The topological polar surface area (TPSA) is 55.6 Å². The molecular weight excluding hydrogens is 370 g/mol. The molecule has 1 fully saturated rings. The molecule has 0 aliphatic carbocycles. The molecule has 0 spiro atoms. The zero-order chi connectivity index (χ0) is 19.7. The Balaban J connectivity index is 1.65. The third-order valence-corrected chi connectivity index (χ3v) is 5.48. The number of rotatable bonds is 4. The number of aromatic nitrogens is 1. The van der Waals surface area contributed by atoms with Crippen molar-refractivity contribution < 1.29 is 9.53 Å². The molecule has 28 heavy (non-hydrogen) atoms. The maximum atomic E-state index is 12.4. The SMILES string of the molecule is COc1ccc(N=C2NC(=O)C(=Cc3cn(C(C)C)c4ccccc34)S2)cc1. The Hall–Kier alpha value is -2.99. The summed E-state index contributed by atoms with van der Waals surface area (Å²) >= 11 is 1.35. The monoisotopic (exact) mass is 391 g/mol. The fraction of sp³-hybridized carbons (Fsp3) is 0.182. The molecule has 0 atom stereocenters. The highest BCUT2D eigenvalue weighted by molar-refractivity contribution is 8.18. The number of benzene rings is 2. The van der Waals surface area contributed by atoms with Gasteiger partial charge in [-0.15, -0.1) is 0 Å². The van der Waals surface area contributed by atoms with E-state index in [0.29, 0.717) is 16.1 Å². The summed E-state index contributed by atoms with van der Waals surface area (Å²) in [5, 5.41) is 4.56. The van der Waals surface area contributed by atoms with Crippen LogP contribution in [0, 0.1) is 0 Å². The Bertz CT molecular complexity index is 1090. The van der Waals surface area contributed by atoms with Gasteiger partial charge in [0.15, 0.2) is 5.17 Å². The highest BCUT2D eigenvalue weighted by atomic mass is 32.2. The van der Waals surface area contributed by atoms with Crippen molar-refractivity contribution in [1.29, 1.82) is 0 Å². The van der Waals surface area contributed by atoms with E-state index in [2.05, 4.69) is 47.1 Å². The van der Waals surface area contributed by atoms with Crippen molar-refractivity contribution in [2.45, 2.75) is 19.9 Å². The number of para-hydroxylation sites is 1. The lowest BCUT2D eigenvalue weighted by Crippen LogP contribution is -2.19. The number of thioether (sulfide) groups is 1. The number of nitrogens with one attached hydrogen (secondary N) is 1. The van der Waals surface area contributed by atoms with Crippen LogP contribution in [0.3, 0.4) is 0 Å². The van der Waals surface area contributed by atoms with Crippen LogP contribution in [-0.4, -0.2) is 22.8 Å². The van der Waals surface area contributed by atoms with Crippen molar-refractivity contribution in [2.24, 2.45) is 4.99 Å². The van der Waals surface area contributed by atoms with E-state index in [9.17, 15) is 4.79 Å². The van der Waals surface area contributed by atoms with Crippen LogP contribution in [0.4, 0.5) is 5.69 Å². The molecule has 3 aromatic rings. The van der Waals surface area contributed by atoms with Gasteiger partial charge < -0.3 is 14.6 Å². The van der Waals surface area contributed by atoms with Gasteiger partial charge in [-0.05, 0) is 62.0 Å². The van der Waals surface area contributed by atoms with Crippen LogP contribution in [0.2, 0.25) is 0 Å². The number of amides is 1. The molecule has 2 heterocycles. The van der Waals surface area contributed by atoms with Crippen molar-refractivity contribution in [3.05, 3.63) is 65.2 Å². The minimum Gasteiger partial charge on any atom is -0.497 e. The van der Waals surface area contributed by atoms with Gasteiger partial charge in [0.2, 0.25) is 0 Å². The van der Waals surface area contributed by atoms with Crippen LogP contribution in [-0.2, 0) is 4.79 Å². The summed E-state index contributed by atoms with van der Waals surface area (Å²) in [6.07, 6.45) is 4.05. The number of carbonyl (C=O) groups excluding carboxylic acids is 1. The molecule has 1 aliphatic rings. The Morgan fingerprint density at radius 1 is 1.14 bits per heavy atom. The molecule has 1 aliphatic heterocycles. The number of amidine groups is 1. The largest absolute Gasteiger partial charge is 0.497 e. The number of ether oxygens (including phenoxy) is 1. The van der Waals surface area contributed by atoms with Gasteiger partial charge in [-0.2, -0.15) is 0 Å². The predicted octanol–water partition coefficient (Wildman–Crippen LogP) is 5.12. The van der Waals surface area contributed by atoms with E-state index in [1.54, 1.807) is 7.11 Å². The van der Waals surface area contributed by atoms with Crippen LogP contribution >= 0.6 is 11.8 Å². The number of carbonyl (C=O) groups is 1. The van der Waals surface area contributed by atoms with Crippen molar-refractivity contribution in [3.63, 3.8) is 0 Å². The summed E-state index contributed by atoms with van der Waals surface area (Å²) in [5.74, 6) is 0.646. The number of hydrogen-bond donors (Lipinski definition) is 1. The van der Waals surface area contributed by atoms with E-state index in [-0.39, 0.29) is 5.91 Å². The van der Waals surface area contributed by atoms with Gasteiger partial charge in [-0.3, -0.25) is 4.79 Å². The van der Waals surface area contributed by atoms with Crippen molar-refractivity contribution >= 4 is 45.5 Å². The molecule has 2 aromatic carbocycles. The minimum atomic E-state index is -0.126. The Morgan fingerprint density at radius 2 is 1.89 bits per heavy atom. The van der Waals surface area contributed by atoms with Crippen LogP contribution in [0.5, 0.6) is 5.75 Å². The molecule has 5 nitrogen and oxygen atoms in total. The zero-order valence-electron chi connectivity index (χ0n) is 16.0. The van der Waals surface area contributed by atoms with Gasteiger partial charge in [0.25, 0.3) is 5.91 Å². The van der Waals surface area contributed by atoms with Gasteiger partial charge in [-0.1, -0.05) is 18.2 Å². The van der Waals surface area contributed by atoms with Crippen LogP contribution in [0.15, 0.2) is 64.6 Å². The first-order chi connectivity index (χ1) is 13.5. The van der Waals surface area contributed by atoms with E-state index in [4.69, 9.17) is 4.74 Å². The smallest absolute Gasteiger partial charge is 0.264 e. The lowest BCUT2D eigenvalue weighted by molar-refractivity contribution is -0.115. The fourth-order valence-corrected chi connectivity index (χ4v) is 4.00. The number of aliphatic imine (C=N–C) groups is 1. The van der Waals surface area contributed by atoms with E-state index >= 15 is 0 Å². The van der Waals surface area contributed by atoms with E-state index in [1.165, 1.54) is 17.3 Å². The lowest BCUT2D eigenvalue weighted by atomic mass is 10.1. The highest BCUT2D eigenvalue weighted by Crippen LogP contribution is 2.32. The molecule has 1 amide bonds. The fourth-order valence-electron chi connectivity index (χ4n) is 3.17. The van der Waals surface area contributed by atoms with Gasteiger partial charge in [0.05, 0.1) is 17.7 Å². The van der Waals surface area contributed by atoms with Crippen LogP contribution in [0.1, 0.15) is 25.5 Å². The second-order valence-electron chi connectivity index (χ2n) is 6.78. The molecule has 0 bridgehead atoms. The maximum Gasteiger partial charge on any atom is 0.264 e. The van der Waals surface area contributed by atoms with Gasteiger partial charge in [-0.25, -0.2) is 4.99 Å². The molecule has 142 valence electrons. The number of nitrogens with zero attached hydrogens (tertiary/aromatic N) is 2. The van der Waals surface area contributed by atoms with Crippen molar-refractivity contribution in [3.8, 4) is 5.75 Å². The summed E-state index contributed by atoms with van der Waals surface area (Å²) in [6.45, 7) is 4.31. The maximum absolute atomic E-state index is 12.4. The lowest BCUT2D eigenvalue weighted by Gasteiger charge is -2.08. The normalized spacial score (nSPS) is 17.1. The molecule has 0 saturated carbocycles. The zero-order valence-corrected chi connectivity index (χ0v) is 16.8. The molecule has 1 N–H and O–H groups in total. The summed E-state index contributed by atoms with van der Waals surface area (Å²) in [6, 6.07) is 16.0. The van der Waals surface area contributed by atoms with Gasteiger partial charge >= 0.3 is 0 Å². The summed E-state index contributed by atoms with van der Waals surface area (Å²) < 4.78 is 7.39. The second kappa shape index (κ2) is 7.56. The highest BCUT2D eigenvalue weighted by Gasteiger charge is 2.24. The number of hydrogen-bond acceptors (Lipinski definition) is 4. The first-order valence-corrected chi connectivity index (χ1v) is 9.90. The summed E-state index contributed by atoms with van der Waals surface area (Å²) in [4.78, 5) is 17.6. The average molecular weight is 391 g/mol. The predicted molar refractivity (Wildman–Crippen MR) is 116 cm³/mol. The molecule has 6 heteroatoms. The molecule has 0 radical (unpaired) electrons. The van der Waals surface area contributed by atoms with Gasteiger partial charge in [0.1, 0.15) is 5.75 Å². The van der Waals surface area contributed by atoms with Crippen LogP contribution in [0.25, 0.3) is 17.0 Å². The van der Waals surface area contributed by atoms with Crippen molar-refractivity contribution in [1.82, 2.24) is 9.88 Å². The first kappa shape index (κ1) is 18.4. The van der Waals surface area contributed by atoms with E-state index < -0.39 is 0 Å².